The summed E-state index contributed by atoms with van der Waals surface area (Å²) in [5.41, 5.74) is 1.48. The van der Waals surface area contributed by atoms with Crippen molar-refractivity contribution in [1.29, 1.82) is 0 Å². The molecule has 1 aromatic carbocycles. The second-order valence-corrected chi connectivity index (χ2v) is 7.24. The smallest absolute Gasteiger partial charge is 0.333 e. The van der Waals surface area contributed by atoms with E-state index in [1.165, 1.54) is 0 Å². The number of nitrogens with one attached hydrogen (secondary N) is 1. The van der Waals surface area contributed by atoms with Crippen LogP contribution in [0.4, 0.5) is 0 Å². The van der Waals surface area contributed by atoms with E-state index in [0.29, 0.717) is 25.1 Å². The van der Waals surface area contributed by atoms with E-state index >= 15 is 0 Å². The average molecular weight is 293 g/mol. The number of carbonyl (C=O) groups is 1. The number of hydrogen-bond donors (Lipinski definition) is 1. The highest BCUT2D eigenvalue weighted by Crippen LogP contribution is 2.19. The maximum absolute atomic E-state index is 11.8. The predicted octanol–water partition coefficient (Wildman–Crippen LogP) is 3.71. The molecule has 110 valence electrons. The van der Waals surface area contributed by atoms with Crippen molar-refractivity contribution in [3.63, 3.8) is 0 Å². The van der Waals surface area contributed by atoms with Gasteiger partial charge in [0.2, 0.25) is 0 Å². The van der Waals surface area contributed by atoms with Crippen LogP contribution in [0.25, 0.3) is 0 Å². The van der Waals surface area contributed by atoms with Crippen LogP contribution in [-0.2, 0) is 16.1 Å². The van der Waals surface area contributed by atoms with Gasteiger partial charge in [-0.3, -0.25) is 4.72 Å². The quantitative estimate of drug-likeness (QED) is 0.360. The molecule has 0 unspecified atom stereocenters. The zero-order valence-corrected chi connectivity index (χ0v) is 13.3. The van der Waals surface area contributed by atoms with Crippen LogP contribution >= 0.6 is 11.9 Å². The summed E-state index contributed by atoms with van der Waals surface area (Å²) < 4.78 is 8.61. The topological polar surface area (TPSA) is 38.3 Å². The lowest BCUT2D eigenvalue weighted by molar-refractivity contribution is -0.140. The highest BCUT2D eigenvalue weighted by atomic mass is 32.2. The van der Waals surface area contributed by atoms with Gasteiger partial charge < -0.3 is 4.74 Å². The number of benzene rings is 1. The van der Waals surface area contributed by atoms with Gasteiger partial charge in [0.1, 0.15) is 6.61 Å². The first-order valence-corrected chi connectivity index (χ1v) is 7.50. The van der Waals surface area contributed by atoms with Crippen molar-refractivity contribution >= 4 is 17.9 Å². The highest BCUT2D eigenvalue weighted by molar-refractivity contribution is 7.98. The minimum absolute atomic E-state index is 0.162. The second kappa shape index (κ2) is 8.12. The molecule has 0 fully saturated rings. The molecule has 4 heteroatoms. The highest BCUT2D eigenvalue weighted by Gasteiger charge is 2.12. The van der Waals surface area contributed by atoms with E-state index in [2.05, 4.69) is 32.1 Å². The summed E-state index contributed by atoms with van der Waals surface area (Å²) in [6.45, 7) is 11.2. The van der Waals surface area contributed by atoms with Gasteiger partial charge in [-0.1, -0.05) is 48.9 Å². The molecule has 1 aromatic rings. The molecule has 0 aromatic heterocycles. The van der Waals surface area contributed by atoms with Gasteiger partial charge in [-0.05, 0) is 32.8 Å². The third-order valence-corrected chi connectivity index (χ3v) is 3.37. The van der Waals surface area contributed by atoms with Crippen molar-refractivity contribution in [1.82, 2.24) is 4.72 Å². The van der Waals surface area contributed by atoms with Crippen molar-refractivity contribution < 1.29 is 9.53 Å². The van der Waals surface area contributed by atoms with Crippen molar-refractivity contribution in [3.8, 4) is 0 Å². The summed E-state index contributed by atoms with van der Waals surface area (Å²) in [5, 5.41) is 0. The standard InChI is InChI=1S/C16H23NO2S/c1-13(10-11-17-20-16(2,3)4)15(18)19-12-14-8-6-5-7-9-14/h5-9,17H,1,10-12H2,2-4H3. The van der Waals surface area contributed by atoms with Crippen molar-refractivity contribution in [2.75, 3.05) is 6.54 Å². The Labute approximate surface area is 125 Å². The van der Waals surface area contributed by atoms with E-state index in [9.17, 15) is 4.79 Å². The molecule has 0 bridgehead atoms. The SMILES string of the molecule is C=C(CCNSC(C)(C)C)C(=O)OCc1ccccc1. The molecule has 20 heavy (non-hydrogen) atoms. The molecule has 0 radical (unpaired) electrons. The molecule has 0 atom stereocenters. The first-order valence-electron chi connectivity index (χ1n) is 6.68. The average Bonchev–Trinajstić information content (AvgIpc) is 2.40. The van der Waals surface area contributed by atoms with Crippen LogP contribution in [-0.4, -0.2) is 17.3 Å². The van der Waals surface area contributed by atoms with Gasteiger partial charge in [-0.25, -0.2) is 4.79 Å². The van der Waals surface area contributed by atoms with Gasteiger partial charge in [-0.15, -0.1) is 0 Å². The number of esters is 1. The normalized spacial score (nSPS) is 11.2. The van der Waals surface area contributed by atoms with E-state index in [0.717, 1.165) is 5.56 Å². The zero-order chi connectivity index (χ0) is 15.0. The van der Waals surface area contributed by atoms with Crippen LogP contribution in [0.5, 0.6) is 0 Å². The molecule has 0 aliphatic carbocycles. The fourth-order valence-electron chi connectivity index (χ4n) is 1.40. The fraction of sp³-hybridized carbons (Fsp3) is 0.438. The Morgan fingerprint density at radius 2 is 1.95 bits per heavy atom. The molecule has 0 aliphatic heterocycles. The predicted molar refractivity (Wildman–Crippen MR) is 85.3 cm³/mol. The Morgan fingerprint density at radius 3 is 2.55 bits per heavy atom. The lowest BCUT2D eigenvalue weighted by Crippen LogP contribution is -2.19. The minimum Gasteiger partial charge on any atom is -0.457 e. The Kier molecular flexibility index (Phi) is 6.82. The van der Waals surface area contributed by atoms with E-state index in [-0.39, 0.29) is 10.7 Å². The van der Waals surface area contributed by atoms with E-state index < -0.39 is 0 Å². The summed E-state index contributed by atoms with van der Waals surface area (Å²) in [7, 11) is 0. The molecule has 1 N–H and O–H groups in total. The Hall–Kier alpha value is -1.26. The Balaban J connectivity index is 2.21. The van der Waals surface area contributed by atoms with E-state index in [4.69, 9.17) is 4.74 Å². The van der Waals surface area contributed by atoms with E-state index in [1.54, 1.807) is 11.9 Å². The molecule has 0 heterocycles. The number of hydrogen-bond acceptors (Lipinski definition) is 4. The second-order valence-electron chi connectivity index (χ2n) is 5.52. The number of rotatable bonds is 7. The molecule has 0 aliphatic rings. The molecule has 0 saturated carbocycles. The first-order chi connectivity index (χ1) is 9.38. The van der Waals surface area contributed by atoms with Gasteiger partial charge in [0.05, 0.1) is 0 Å². The van der Waals surface area contributed by atoms with Gasteiger partial charge in [0.25, 0.3) is 0 Å². The maximum atomic E-state index is 11.8. The summed E-state index contributed by atoms with van der Waals surface area (Å²) in [6.07, 6.45) is 0.594. The maximum Gasteiger partial charge on any atom is 0.333 e. The first kappa shape index (κ1) is 16.8. The number of ether oxygens (including phenoxy) is 1. The molecular formula is C16H23NO2S. The van der Waals surface area contributed by atoms with Crippen LogP contribution in [0.15, 0.2) is 42.5 Å². The molecule has 0 spiro atoms. The Morgan fingerprint density at radius 1 is 1.30 bits per heavy atom. The van der Waals surface area contributed by atoms with Crippen LogP contribution in [0.3, 0.4) is 0 Å². The van der Waals surface area contributed by atoms with Gasteiger partial charge >= 0.3 is 5.97 Å². The van der Waals surface area contributed by atoms with Gasteiger partial charge in [0, 0.05) is 16.9 Å². The summed E-state index contributed by atoms with van der Waals surface area (Å²) in [5.74, 6) is -0.323. The molecule has 3 nitrogen and oxygen atoms in total. The van der Waals surface area contributed by atoms with Crippen LogP contribution < -0.4 is 4.72 Å². The summed E-state index contributed by atoms with van der Waals surface area (Å²) in [6, 6.07) is 9.63. The molecule has 0 amide bonds. The largest absolute Gasteiger partial charge is 0.457 e. The third-order valence-electron chi connectivity index (χ3n) is 2.41. The Bertz CT molecular complexity index is 438. The van der Waals surface area contributed by atoms with Crippen molar-refractivity contribution in [2.45, 2.75) is 38.5 Å². The third kappa shape index (κ3) is 7.36. The van der Waals surface area contributed by atoms with Gasteiger partial charge in [0.15, 0.2) is 0 Å². The van der Waals surface area contributed by atoms with Crippen LogP contribution in [0, 0.1) is 0 Å². The molecule has 1 rings (SSSR count). The summed E-state index contributed by atoms with van der Waals surface area (Å²) >= 11 is 1.65. The lowest BCUT2D eigenvalue weighted by atomic mass is 10.2. The zero-order valence-electron chi connectivity index (χ0n) is 12.4. The molecule has 0 saturated heterocycles. The van der Waals surface area contributed by atoms with Gasteiger partial charge in [-0.2, -0.15) is 0 Å². The fourth-order valence-corrected chi connectivity index (χ4v) is 2.03. The monoisotopic (exact) mass is 293 g/mol. The minimum atomic E-state index is -0.323. The number of carbonyl (C=O) groups excluding carboxylic acids is 1. The van der Waals surface area contributed by atoms with Crippen LogP contribution in [0.2, 0.25) is 0 Å². The molecular weight excluding hydrogens is 270 g/mol. The summed E-state index contributed by atoms with van der Waals surface area (Å²) in [4.78, 5) is 11.8. The van der Waals surface area contributed by atoms with E-state index in [1.807, 2.05) is 30.3 Å². The lowest BCUT2D eigenvalue weighted by Gasteiger charge is -2.17. The van der Waals surface area contributed by atoms with Crippen LogP contribution in [0.1, 0.15) is 32.8 Å². The van der Waals surface area contributed by atoms with Crippen molar-refractivity contribution in [2.24, 2.45) is 0 Å². The van der Waals surface area contributed by atoms with Crippen molar-refractivity contribution in [3.05, 3.63) is 48.0 Å².